The zero-order valence-corrected chi connectivity index (χ0v) is 25.1. The fourth-order valence-electron chi connectivity index (χ4n) is 7.02. The molecule has 2 heterocycles. The number of alkyl halides is 6. The number of halogens is 6. The van der Waals surface area contributed by atoms with Gasteiger partial charge in [0.15, 0.2) is 0 Å². The number of hydrogen-bond donors (Lipinski definition) is 1. The average Bonchev–Trinajstić information content (AvgIpc) is 3.49. The molecule has 11 heteroatoms. The van der Waals surface area contributed by atoms with Gasteiger partial charge in [-0.2, -0.15) is 26.3 Å². The van der Waals surface area contributed by atoms with Crippen LogP contribution >= 0.6 is 0 Å². The third-order valence-corrected chi connectivity index (χ3v) is 9.07. The van der Waals surface area contributed by atoms with E-state index < -0.39 is 58.7 Å². The number of anilines is 1. The van der Waals surface area contributed by atoms with Crippen molar-refractivity contribution >= 4 is 23.6 Å². The second-order valence-corrected chi connectivity index (χ2v) is 12.3. The topological polar surface area (TPSA) is 66.8 Å². The molecule has 2 aromatic carbocycles. The van der Waals surface area contributed by atoms with Gasteiger partial charge in [0, 0.05) is 11.5 Å². The van der Waals surface area contributed by atoms with E-state index in [0.717, 1.165) is 29.6 Å². The van der Waals surface area contributed by atoms with Gasteiger partial charge >= 0.3 is 12.4 Å². The number of carbonyl (C=O) groups is 2. The minimum absolute atomic E-state index is 0.0199. The number of fused-ring (bicyclic) bond motifs is 3. The molecule has 1 aliphatic carbocycles. The lowest BCUT2D eigenvalue weighted by Crippen LogP contribution is -2.35. The third-order valence-electron chi connectivity index (χ3n) is 9.07. The Morgan fingerprint density at radius 2 is 1.62 bits per heavy atom. The quantitative estimate of drug-likeness (QED) is 0.179. The lowest BCUT2D eigenvalue weighted by atomic mass is 9.67. The zero-order valence-electron chi connectivity index (χ0n) is 25.1. The van der Waals surface area contributed by atoms with Crippen LogP contribution in [0.25, 0.3) is 6.08 Å². The number of para-hydroxylation sites is 1. The summed E-state index contributed by atoms with van der Waals surface area (Å²) in [5.41, 5.74) is -0.256. The molecule has 0 aromatic heterocycles. The number of hydrogen-bond acceptors (Lipinski definition) is 4. The first-order valence-corrected chi connectivity index (χ1v) is 15.1. The van der Waals surface area contributed by atoms with Crippen LogP contribution in [0.15, 0.2) is 59.2 Å². The summed E-state index contributed by atoms with van der Waals surface area (Å²) in [4.78, 5) is 28.0. The van der Waals surface area contributed by atoms with Gasteiger partial charge in [-0.3, -0.25) is 9.59 Å². The summed E-state index contributed by atoms with van der Waals surface area (Å²) in [5.74, 6) is -3.84. The van der Waals surface area contributed by atoms with Crippen LogP contribution in [0.3, 0.4) is 0 Å². The molecule has 45 heavy (non-hydrogen) atoms. The average molecular weight is 636 g/mol. The molecule has 0 unspecified atom stereocenters. The first-order chi connectivity index (χ1) is 21.1. The van der Waals surface area contributed by atoms with Crippen molar-refractivity contribution in [3.63, 3.8) is 0 Å². The molecule has 4 atom stereocenters. The minimum Gasteiger partial charge on any atom is -0.507 e. The summed E-state index contributed by atoms with van der Waals surface area (Å²) in [6.07, 6.45) is -5.56. The minimum atomic E-state index is -5.12. The van der Waals surface area contributed by atoms with Gasteiger partial charge in [-0.05, 0) is 61.4 Å². The fraction of sp³-hybridized carbons (Fsp3) is 0.471. The van der Waals surface area contributed by atoms with Gasteiger partial charge in [-0.15, -0.1) is 0 Å². The Labute approximate surface area is 257 Å². The number of allylic oxidation sites excluding steroid dienone is 2. The van der Waals surface area contributed by atoms with Gasteiger partial charge in [0.2, 0.25) is 11.8 Å². The van der Waals surface area contributed by atoms with E-state index in [-0.39, 0.29) is 36.9 Å². The van der Waals surface area contributed by atoms with Crippen LogP contribution in [-0.2, 0) is 26.7 Å². The Morgan fingerprint density at radius 3 is 2.20 bits per heavy atom. The van der Waals surface area contributed by atoms with Crippen LogP contribution < -0.4 is 4.90 Å². The predicted molar refractivity (Wildman–Crippen MR) is 156 cm³/mol. The number of aromatic hydroxyl groups is 1. The summed E-state index contributed by atoms with van der Waals surface area (Å²) in [6, 6.07) is 7.86. The van der Waals surface area contributed by atoms with Crippen molar-refractivity contribution < 1.29 is 45.8 Å². The summed E-state index contributed by atoms with van der Waals surface area (Å²) in [5, 5.41) is 10.3. The number of benzene rings is 2. The summed E-state index contributed by atoms with van der Waals surface area (Å²) < 4.78 is 87.8. The molecule has 5 rings (SSSR count). The highest BCUT2D eigenvalue weighted by molar-refractivity contribution is 6.22. The second-order valence-electron chi connectivity index (χ2n) is 12.3. The zero-order chi connectivity index (χ0) is 32.8. The van der Waals surface area contributed by atoms with Crippen molar-refractivity contribution in [1.82, 2.24) is 0 Å². The van der Waals surface area contributed by atoms with E-state index in [4.69, 9.17) is 4.74 Å². The Kier molecular flexibility index (Phi) is 8.96. The van der Waals surface area contributed by atoms with Gasteiger partial charge in [-0.1, -0.05) is 62.6 Å². The maximum atomic E-state index is 13.8. The molecule has 2 amide bonds. The van der Waals surface area contributed by atoms with Crippen molar-refractivity contribution in [1.29, 1.82) is 0 Å². The maximum Gasteiger partial charge on any atom is 0.416 e. The lowest BCUT2D eigenvalue weighted by Gasteiger charge is -2.33. The summed E-state index contributed by atoms with van der Waals surface area (Å²) in [7, 11) is 0. The molecule has 2 fully saturated rings. The van der Waals surface area contributed by atoms with Crippen LogP contribution in [0.4, 0.5) is 32.0 Å². The Bertz CT molecular complexity index is 1510. The molecule has 3 aliphatic rings. The smallest absolute Gasteiger partial charge is 0.416 e. The summed E-state index contributed by atoms with van der Waals surface area (Å²) in [6.45, 7) is 6.08. The molecule has 0 radical (unpaired) electrons. The standard InChI is InChI=1S/C34H35F6NO4/c1-4-7-19(12-20-8-5-6-9-27(20)42)10-11-28-29-24(18(2)3)16-25-30(26(29)17-45-28)32(44)41(31(25)43)23-14-21(33(35,36)37)13-22(15-23)34(38,39)40/h5-6,8-9,12-15,18,25-26,28,30,42H,4,7,10-11,16-17H2,1-3H3/b19-12+/t25-,26+,28-,30-/m1/s1. The van der Waals surface area contributed by atoms with Crippen molar-refractivity contribution in [3.8, 4) is 5.75 Å². The van der Waals surface area contributed by atoms with Crippen molar-refractivity contribution in [2.24, 2.45) is 23.7 Å². The molecule has 5 nitrogen and oxygen atoms in total. The van der Waals surface area contributed by atoms with Crippen LogP contribution in [0, 0.1) is 23.7 Å². The van der Waals surface area contributed by atoms with Crippen LogP contribution in [0.2, 0.25) is 0 Å². The number of rotatable bonds is 8. The highest BCUT2D eigenvalue weighted by atomic mass is 19.4. The SMILES string of the molecule is CCC/C(=C\c1ccccc1O)CC[C@H]1OC[C@H]2C1=C(C(C)C)C[C@H]1C(=O)N(c3cc(C(F)(F)F)cc(C(F)(F)F)c3)C(=O)[C@H]12. The van der Waals surface area contributed by atoms with Crippen molar-refractivity contribution in [3.05, 3.63) is 75.9 Å². The molecular formula is C34H35F6NO4. The van der Waals surface area contributed by atoms with Gasteiger partial charge in [0.25, 0.3) is 0 Å². The normalized spacial score (nSPS) is 24.1. The molecule has 0 spiro atoms. The molecule has 1 N–H and O–H groups in total. The van der Waals surface area contributed by atoms with E-state index in [0.29, 0.717) is 35.4 Å². The number of amides is 2. The van der Waals surface area contributed by atoms with Gasteiger partial charge in [-0.25, -0.2) is 4.90 Å². The second kappa shape index (κ2) is 12.3. The Balaban J connectivity index is 1.45. The van der Waals surface area contributed by atoms with Crippen LogP contribution in [-0.4, -0.2) is 29.6 Å². The number of ether oxygens (including phenoxy) is 1. The molecule has 2 aromatic rings. The van der Waals surface area contributed by atoms with Crippen molar-refractivity contribution in [2.75, 3.05) is 11.5 Å². The first-order valence-electron chi connectivity index (χ1n) is 15.1. The van der Waals surface area contributed by atoms with E-state index in [1.54, 1.807) is 12.1 Å². The molecule has 2 saturated heterocycles. The lowest BCUT2D eigenvalue weighted by molar-refractivity contribution is -0.143. The predicted octanol–water partition coefficient (Wildman–Crippen LogP) is 8.57. The highest BCUT2D eigenvalue weighted by Crippen LogP contribution is 2.52. The van der Waals surface area contributed by atoms with E-state index in [1.807, 2.05) is 32.1 Å². The van der Waals surface area contributed by atoms with Gasteiger partial charge in [0.1, 0.15) is 5.75 Å². The van der Waals surface area contributed by atoms with E-state index in [9.17, 15) is 41.0 Å². The highest BCUT2D eigenvalue weighted by Gasteiger charge is 2.58. The van der Waals surface area contributed by atoms with E-state index in [1.165, 1.54) is 0 Å². The molecule has 242 valence electrons. The van der Waals surface area contributed by atoms with Gasteiger partial charge in [0.05, 0.1) is 41.4 Å². The fourth-order valence-corrected chi connectivity index (χ4v) is 7.02. The number of nitrogens with zero attached hydrogens (tertiary/aromatic N) is 1. The van der Waals surface area contributed by atoms with E-state index >= 15 is 0 Å². The number of carbonyl (C=O) groups excluding carboxylic acids is 2. The van der Waals surface area contributed by atoms with Crippen LogP contribution in [0.5, 0.6) is 5.75 Å². The molecule has 0 bridgehead atoms. The molecule has 0 saturated carbocycles. The largest absolute Gasteiger partial charge is 0.507 e. The molecular weight excluding hydrogens is 600 g/mol. The van der Waals surface area contributed by atoms with E-state index in [2.05, 4.69) is 6.92 Å². The van der Waals surface area contributed by atoms with Crippen molar-refractivity contribution in [2.45, 2.75) is 71.3 Å². The number of phenols is 1. The number of imide groups is 1. The first kappa shape index (κ1) is 32.8. The molecule has 2 aliphatic heterocycles. The maximum absolute atomic E-state index is 13.8. The Hall–Kier alpha value is -3.60. The number of phenolic OH excluding ortho intramolecular Hbond substituents is 1. The Morgan fingerprint density at radius 1 is 0.978 bits per heavy atom. The summed E-state index contributed by atoms with van der Waals surface area (Å²) >= 11 is 0. The van der Waals surface area contributed by atoms with Crippen LogP contribution in [0.1, 0.15) is 69.6 Å². The van der Waals surface area contributed by atoms with Gasteiger partial charge < -0.3 is 9.84 Å². The third kappa shape index (κ3) is 6.41. The monoisotopic (exact) mass is 635 g/mol.